The largest absolute Gasteiger partial charge is 0.598 e. The van der Waals surface area contributed by atoms with Crippen molar-refractivity contribution in [1.29, 1.82) is 5.26 Å². The number of halogens is 1. The number of non-ortho nitro benzene ring substituents is 1. The highest BCUT2D eigenvalue weighted by atomic mass is 32.2. The lowest BCUT2D eigenvalue weighted by atomic mass is 9.89. The van der Waals surface area contributed by atoms with Crippen molar-refractivity contribution < 1.29 is 18.6 Å². The monoisotopic (exact) mass is 399 g/mol. The second kappa shape index (κ2) is 8.52. The van der Waals surface area contributed by atoms with E-state index < -0.39 is 38.0 Å². The van der Waals surface area contributed by atoms with E-state index in [1.54, 1.807) is 41.5 Å². The topological polar surface area (TPSA) is 111 Å². The van der Waals surface area contributed by atoms with Crippen molar-refractivity contribution in [3.05, 3.63) is 39.7 Å². The molecule has 1 N–H and O–H groups in total. The summed E-state index contributed by atoms with van der Waals surface area (Å²) in [5, 5.41) is 20.2. The number of hydrogen-bond donors (Lipinski definition) is 1. The molecule has 1 aromatic rings. The molecule has 150 valence electrons. The number of nitro benzene ring substituents is 1. The minimum absolute atomic E-state index is 0.0210. The molecule has 7 nitrogen and oxygen atoms in total. The molecule has 0 aromatic heterocycles. The van der Waals surface area contributed by atoms with E-state index in [2.05, 4.69) is 4.72 Å². The standard InChI is InChI=1S/C18H26FN3O4S/c1-16(2,3)27(25)21-18(6,9-10-26-17(4,5)12-20)14-11-13(22(23)24)7-8-15(14)19/h7-8,11,21H,9-10H2,1-6H3/t18-,27-/m0/s1. The summed E-state index contributed by atoms with van der Waals surface area (Å²) < 4.78 is 35.0. The minimum atomic E-state index is -1.57. The highest BCUT2D eigenvalue weighted by molar-refractivity contribution is 7.90. The lowest BCUT2D eigenvalue weighted by Gasteiger charge is -2.35. The lowest BCUT2D eigenvalue weighted by molar-refractivity contribution is -0.385. The normalized spacial score (nSPS) is 15.7. The third-order valence-electron chi connectivity index (χ3n) is 3.96. The van der Waals surface area contributed by atoms with E-state index in [1.807, 2.05) is 6.07 Å². The van der Waals surface area contributed by atoms with Crippen LogP contribution in [0.4, 0.5) is 10.1 Å². The van der Waals surface area contributed by atoms with Gasteiger partial charge in [0.05, 0.1) is 23.1 Å². The van der Waals surface area contributed by atoms with Crippen molar-refractivity contribution >= 4 is 17.0 Å². The van der Waals surface area contributed by atoms with Crippen LogP contribution >= 0.6 is 0 Å². The fraction of sp³-hybridized carbons (Fsp3) is 0.611. The number of benzene rings is 1. The smallest absolute Gasteiger partial charge is 0.269 e. The lowest BCUT2D eigenvalue weighted by Crippen LogP contribution is -2.51. The Balaban J connectivity index is 3.27. The number of nitrogens with zero attached hydrogens (tertiary/aromatic N) is 2. The fourth-order valence-electron chi connectivity index (χ4n) is 2.19. The van der Waals surface area contributed by atoms with E-state index in [9.17, 15) is 19.1 Å². The summed E-state index contributed by atoms with van der Waals surface area (Å²) in [6, 6.07) is 5.24. The van der Waals surface area contributed by atoms with Gasteiger partial charge >= 0.3 is 0 Å². The summed E-state index contributed by atoms with van der Waals surface area (Å²) in [4.78, 5) is 10.5. The van der Waals surface area contributed by atoms with Crippen LogP contribution in [0.3, 0.4) is 0 Å². The molecule has 2 atom stereocenters. The molecule has 9 heteroatoms. The van der Waals surface area contributed by atoms with E-state index in [-0.39, 0.29) is 24.3 Å². The Hall–Kier alpha value is -1.73. The maximum Gasteiger partial charge on any atom is 0.269 e. The molecule has 0 amide bonds. The first-order valence-corrected chi connectivity index (χ1v) is 9.56. The van der Waals surface area contributed by atoms with Gasteiger partial charge in [-0.15, -0.1) is 4.72 Å². The van der Waals surface area contributed by atoms with Gasteiger partial charge in [0, 0.05) is 29.1 Å². The van der Waals surface area contributed by atoms with Crippen molar-refractivity contribution in [1.82, 2.24) is 4.72 Å². The van der Waals surface area contributed by atoms with E-state index >= 15 is 0 Å². The third kappa shape index (κ3) is 6.43. The van der Waals surface area contributed by atoms with Crippen LogP contribution < -0.4 is 4.72 Å². The molecule has 0 aliphatic carbocycles. The van der Waals surface area contributed by atoms with Crippen molar-refractivity contribution in [2.24, 2.45) is 0 Å². The number of nitrogens with one attached hydrogen (secondary N) is 1. The van der Waals surface area contributed by atoms with E-state index in [1.165, 1.54) is 0 Å². The Kier molecular flexibility index (Phi) is 7.36. The molecular weight excluding hydrogens is 373 g/mol. The van der Waals surface area contributed by atoms with E-state index in [0.29, 0.717) is 0 Å². The maximum atomic E-state index is 14.5. The maximum absolute atomic E-state index is 14.5. The van der Waals surface area contributed by atoms with Gasteiger partial charge in [0.2, 0.25) is 0 Å². The highest BCUT2D eigenvalue weighted by Gasteiger charge is 2.39. The number of ether oxygens (including phenoxy) is 1. The van der Waals surface area contributed by atoms with Crippen molar-refractivity contribution in [3.8, 4) is 6.07 Å². The molecule has 1 aromatic carbocycles. The molecule has 0 aliphatic rings. The molecule has 0 spiro atoms. The van der Waals surface area contributed by atoms with Gasteiger partial charge in [0.15, 0.2) is 0 Å². The number of hydrogen-bond acceptors (Lipinski definition) is 6. The van der Waals surface area contributed by atoms with Crippen LogP contribution in [0.1, 0.15) is 53.5 Å². The summed E-state index contributed by atoms with van der Waals surface area (Å²) in [6.45, 7) is 10.1. The summed E-state index contributed by atoms with van der Waals surface area (Å²) >= 11 is -1.57. The van der Waals surface area contributed by atoms with Crippen LogP contribution in [0.5, 0.6) is 0 Å². The molecule has 0 heterocycles. The molecule has 0 aliphatic heterocycles. The Morgan fingerprint density at radius 3 is 2.37 bits per heavy atom. The zero-order valence-corrected chi connectivity index (χ0v) is 17.3. The van der Waals surface area contributed by atoms with Gasteiger partial charge in [-0.05, 0) is 54.0 Å². The van der Waals surface area contributed by atoms with Crippen LogP contribution in [0, 0.1) is 27.3 Å². The predicted octanol–water partition coefficient (Wildman–Crippen LogP) is 3.71. The van der Waals surface area contributed by atoms with Gasteiger partial charge in [0.1, 0.15) is 16.2 Å². The summed E-state index contributed by atoms with van der Waals surface area (Å²) in [5.41, 5.74) is -2.49. The molecular formula is C18H26FN3O4S. The van der Waals surface area contributed by atoms with Crippen molar-refractivity contribution in [2.45, 2.75) is 63.9 Å². The van der Waals surface area contributed by atoms with Gasteiger partial charge in [-0.2, -0.15) is 5.26 Å². The molecule has 0 bridgehead atoms. The SMILES string of the molecule is CC(C)(C#N)OCC[C@](C)(N[S@@+]([O-])C(C)(C)C)c1cc([N+](=O)[O-])ccc1F. The minimum Gasteiger partial charge on any atom is -0.598 e. The van der Waals surface area contributed by atoms with Gasteiger partial charge < -0.3 is 9.29 Å². The molecule has 1 rings (SSSR count). The second-order valence-electron chi connectivity index (χ2n) is 7.96. The quantitative estimate of drug-likeness (QED) is 0.405. The summed E-state index contributed by atoms with van der Waals surface area (Å²) in [7, 11) is 0. The van der Waals surface area contributed by atoms with Crippen LogP contribution in [0.2, 0.25) is 0 Å². The zero-order chi connectivity index (χ0) is 21.0. The summed E-state index contributed by atoms with van der Waals surface area (Å²) in [5.74, 6) is -0.652. The van der Waals surface area contributed by atoms with Crippen LogP contribution in [0.15, 0.2) is 18.2 Å². The Morgan fingerprint density at radius 2 is 1.89 bits per heavy atom. The van der Waals surface area contributed by atoms with E-state index in [4.69, 9.17) is 10.00 Å². The van der Waals surface area contributed by atoms with Gasteiger partial charge in [-0.1, -0.05) is 0 Å². The average Bonchev–Trinajstić information content (AvgIpc) is 2.53. The zero-order valence-electron chi connectivity index (χ0n) is 16.5. The number of rotatable bonds is 8. The van der Waals surface area contributed by atoms with Gasteiger partial charge in [0.25, 0.3) is 5.69 Å². The molecule has 0 saturated carbocycles. The van der Waals surface area contributed by atoms with Gasteiger partial charge in [-0.3, -0.25) is 10.1 Å². The number of nitro groups is 1. The third-order valence-corrected chi connectivity index (χ3v) is 5.71. The highest BCUT2D eigenvalue weighted by Crippen LogP contribution is 2.33. The Bertz CT molecular complexity index is 730. The van der Waals surface area contributed by atoms with Crippen molar-refractivity contribution in [3.63, 3.8) is 0 Å². The molecule has 0 radical (unpaired) electrons. The fourth-order valence-corrected chi connectivity index (χ4v) is 3.12. The first-order chi connectivity index (χ1) is 12.2. The van der Waals surface area contributed by atoms with E-state index in [0.717, 1.165) is 18.2 Å². The predicted molar refractivity (Wildman–Crippen MR) is 102 cm³/mol. The first kappa shape index (κ1) is 23.3. The van der Waals surface area contributed by atoms with Gasteiger partial charge in [-0.25, -0.2) is 4.39 Å². The molecule has 27 heavy (non-hydrogen) atoms. The molecule has 0 fully saturated rings. The summed E-state index contributed by atoms with van der Waals surface area (Å²) in [6.07, 6.45) is 0.151. The Morgan fingerprint density at radius 1 is 1.30 bits per heavy atom. The molecule has 0 unspecified atom stereocenters. The Labute approximate surface area is 162 Å². The van der Waals surface area contributed by atoms with Crippen LogP contribution in [0.25, 0.3) is 0 Å². The first-order valence-electron chi connectivity index (χ1n) is 8.41. The number of nitriles is 1. The van der Waals surface area contributed by atoms with Crippen LogP contribution in [-0.4, -0.2) is 26.4 Å². The average molecular weight is 399 g/mol. The second-order valence-corrected chi connectivity index (χ2v) is 9.92. The van der Waals surface area contributed by atoms with Crippen LogP contribution in [-0.2, 0) is 21.6 Å². The molecule has 0 saturated heterocycles. The van der Waals surface area contributed by atoms with Crippen molar-refractivity contribution in [2.75, 3.05) is 6.61 Å².